The number of thioether (sulfide) groups is 1. The number of amides is 1. The molecule has 0 bridgehead atoms. The maximum absolute atomic E-state index is 13.1. The van der Waals surface area contributed by atoms with Crippen molar-refractivity contribution in [2.24, 2.45) is 0 Å². The van der Waals surface area contributed by atoms with Gasteiger partial charge < -0.3 is 4.90 Å². The fourth-order valence-electron chi connectivity index (χ4n) is 3.08. The molecule has 0 spiro atoms. The second-order valence-corrected chi connectivity index (χ2v) is 8.75. The Morgan fingerprint density at radius 1 is 1.16 bits per heavy atom. The molecular weight excluding hydrogens is 444 g/mol. The molecule has 1 unspecified atom stereocenters. The normalized spacial score (nSPS) is 11.9. The zero-order chi connectivity index (χ0) is 23.1. The Hall–Kier alpha value is -2.86. The molecule has 166 valence electrons. The second-order valence-electron chi connectivity index (χ2n) is 7.37. The standard InChI is InChI=1S/C23H25ClN6OS/c1-17(28(2)3)22-26-27-23(30(22)20-12-10-18(24)11-13-20)32-16-21(31)29(15-7-14-25)19-8-5-4-6-9-19/h4-6,8-13,17H,7,15-16H2,1-3H3. The van der Waals surface area contributed by atoms with E-state index in [1.165, 1.54) is 11.8 Å². The van der Waals surface area contributed by atoms with E-state index in [4.69, 9.17) is 16.9 Å². The molecule has 2 aromatic carbocycles. The molecule has 0 N–H and O–H groups in total. The van der Waals surface area contributed by atoms with Crippen LogP contribution in [0.5, 0.6) is 0 Å². The van der Waals surface area contributed by atoms with Gasteiger partial charge >= 0.3 is 0 Å². The molecule has 0 aliphatic rings. The summed E-state index contributed by atoms with van der Waals surface area (Å²) in [6.07, 6.45) is 0.261. The van der Waals surface area contributed by atoms with Gasteiger partial charge in [-0.3, -0.25) is 14.3 Å². The second kappa shape index (κ2) is 11.1. The monoisotopic (exact) mass is 468 g/mol. The van der Waals surface area contributed by atoms with Crippen molar-refractivity contribution in [3.05, 3.63) is 65.4 Å². The van der Waals surface area contributed by atoms with Crippen molar-refractivity contribution in [3.8, 4) is 11.8 Å². The molecule has 1 amide bonds. The Kier molecular flexibility index (Phi) is 8.28. The van der Waals surface area contributed by atoms with Gasteiger partial charge in [0.1, 0.15) is 0 Å². The molecule has 0 saturated heterocycles. The quantitative estimate of drug-likeness (QED) is 0.427. The van der Waals surface area contributed by atoms with Crippen LogP contribution in [0.4, 0.5) is 5.69 Å². The summed E-state index contributed by atoms with van der Waals surface area (Å²) >= 11 is 7.40. The van der Waals surface area contributed by atoms with Gasteiger partial charge in [-0.15, -0.1) is 10.2 Å². The highest BCUT2D eigenvalue weighted by molar-refractivity contribution is 7.99. The minimum absolute atomic E-state index is 0.0136. The molecular formula is C23H25ClN6OS. The van der Waals surface area contributed by atoms with Gasteiger partial charge in [-0.25, -0.2) is 0 Å². The van der Waals surface area contributed by atoms with Gasteiger partial charge in [-0.1, -0.05) is 41.6 Å². The molecule has 3 aromatic rings. The lowest BCUT2D eigenvalue weighted by atomic mass is 10.2. The number of hydrogen-bond acceptors (Lipinski definition) is 6. The summed E-state index contributed by atoms with van der Waals surface area (Å²) in [7, 11) is 3.96. The van der Waals surface area contributed by atoms with Crippen LogP contribution >= 0.6 is 23.4 Å². The number of nitrogens with zero attached hydrogens (tertiary/aromatic N) is 6. The van der Waals surface area contributed by atoms with Crippen LogP contribution in [0.15, 0.2) is 59.8 Å². The van der Waals surface area contributed by atoms with Gasteiger partial charge in [0.2, 0.25) is 5.91 Å². The van der Waals surface area contributed by atoms with Gasteiger partial charge in [0.05, 0.1) is 24.3 Å². The van der Waals surface area contributed by atoms with E-state index < -0.39 is 0 Å². The molecule has 3 rings (SSSR count). The zero-order valence-electron chi connectivity index (χ0n) is 18.3. The first-order valence-corrected chi connectivity index (χ1v) is 11.5. The number of anilines is 1. The molecule has 1 heterocycles. The fraction of sp³-hybridized carbons (Fsp3) is 0.304. The molecule has 32 heavy (non-hydrogen) atoms. The summed E-state index contributed by atoms with van der Waals surface area (Å²) in [4.78, 5) is 16.8. The first-order chi connectivity index (χ1) is 15.4. The smallest absolute Gasteiger partial charge is 0.237 e. The van der Waals surface area contributed by atoms with Gasteiger partial charge in [0, 0.05) is 22.9 Å². The molecule has 0 radical (unpaired) electrons. The summed E-state index contributed by atoms with van der Waals surface area (Å²) in [5.41, 5.74) is 1.65. The SMILES string of the molecule is CC(c1nnc(SCC(=O)N(CCC#N)c2ccccc2)n1-c1ccc(Cl)cc1)N(C)C. The Morgan fingerprint density at radius 2 is 1.84 bits per heavy atom. The largest absolute Gasteiger partial charge is 0.311 e. The summed E-state index contributed by atoms with van der Waals surface area (Å²) in [5.74, 6) is 0.851. The van der Waals surface area contributed by atoms with Crippen LogP contribution in [0, 0.1) is 11.3 Å². The Bertz CT molecular complexity index is 1080. The predicted molar refractivity (Wildman–Crippen MR) is 128 cm³/mol. The van der Waals surface area contributed by atoms with Crippen LogP contribution in [0.3, 0.4) is 0 Å². The number of aromatic nitrogens is 3. The van der Waals surface area contributed by atoms with Crippen LogP contribution in [-0.4, -0.2) is 52.0 Å². The van der Waals surface area contributed by atoms with Gasteiger partial charge in [0.15, 0.2) is 11.0 Å². The topological polar surface area (TPSA) is 78.0 Å². The van der Waals surface area contributed by atoms with E-state index in [1.54, 1.807) is 4.90 Å². The Balaban J connectivity index is 1.87. The summed E-state index contributed by atoms with van der Waals surface area (Å²) < 4.78 is 1.96. The molecule has 1 aromatic heterocycles. The van der Waals surface area contributed by atoms with Gasteiger partial charge in [-0.2, -0.15) is 5.26 Å². The van der Waals surface area contributed by atoms with Crippen LogP contribution in [-0.2, 0) is 4.79 Å². The zero-order valence-corrected chi connectivity index (χ0v) is 19.8. The van der Waals surface area contributed by atoms with Crippen LogP contribution < -0.4 is 4.90 Å². The van der Waals surface area contributed by atoms with Crippen molar-refractivity contribution in [2.45, 2.75) is 24.5 Å². The van der Waals surface area contributed by atoms with E-state index in [2.05, 4.69) is 28.1 Å². The van der Waals surface area contributed by atoms with Crippen LogP contribution in [0.1, 0.15) is 25.2 Å². The maximum Gasteiger partial charge on any atom is 0.237 e. The average Bonchev–Trinajstić information content (AvgIpc) is 3.22. The molecule has 0 fully saturated rings. The average molecular weight is 469 g/mol. The van der Waals surface area contributed by atoms with Crippen molar-refractivity contribution in [1.82, 2.24) is 19.7 Å². The number of nitriles is 1. The minimum Gasteiger partial charge on any atom is -0.311 e. The summed E-state index contributed by atoms with van der Waals surface area (Å²) in [6.45, 7) is 2.39. The molecule has 0 aliphatic carbocycles. The van der Waals surface area contributed by atoms with Crippen molar-refractivity contribution < 1.29 is 4.79 Å². The number of halogens is 1. The third-order valence-electron chi connectivity index (χ3n) is 5.03. The number of hydrogen-bond donors (Lipinski definition) is 0. The van der Waals surface area contributed by atoms with Crippen LogP contribution in [0.25, 0.3) is 5.69 Å². The molecule has 7 nitrogen and oxygen atoms in total. The fourth-order valence-corrected chi connectivity index (χ4v) is 4.04. The van der Waals surface area contributed by atoms with Crippen molar-refractivity contribution in [2.75, 3.05) is 31.3 Å². The molecule has 0 aliphatic heterocycles. The van der Waals surface area contributed by atoms with Gasteiger partial charge in [-0.05, 0) is 57.4 Å². The minimum atomic E-state index is -0.0932. The number of carbonyl (C=O) groups excluding carboxylic acids is 1. The van der Waals surface area contributed by atoms with Crippen molar-refractivity contribution >= 4 is 35.0 Å². The van der Waals surface area contributed by atoms with Crippen LogP contribution in [0.2, 0.25) is 5.02 Å². The number of benzene rings is 2. The first kappa shape index (κ1) is 23.8. The van der Waals surface area contributed by atoms with E-state index in [1.807, 2.05) is 73.3 Å². The van der Waals surface area contributed by atoms with Crippen molar-refractivity contribution in [3.63, 3.8) is 0 Å². The highest BCUT2D eigenvalue weighted by Crippen LogP contribution is 2.28. The maximum atomic E-state index is 13.1. The first-order valence-electron chi connectivity index (χ1n) is 10.1. The number of rotatable bonds is 9. The highest BCUT2D eigenvalue weighted by atomic mass is 35.5. The lowest BCUT2D eigenvalue weighted by molar-refractivity contribution is -0.116. The van der Waals surface area contributed by atoms with Crippen molar-refractivity contribution in [1.29, 1.82) is 5.26 Å². The summed E-state index contributed by atoms with van der Waals surface area (Å²) in [5, 5.41) is 19.1. The predicted octanol–water partition coefficient (Wildman–Crippen LogP) is 4.58. The van der Waals surface area contributed by atoms with E-state index in [0.717, 1.165) is 17.2 Å². The third-order valence-corrected chi connectivity index (χ3v) is 6.20. The van der Waals surface area contributed by atoms with E-state index in [-0.39, 0.29) is 24.1 Å². The lowest BCUT2D eigenvalue weighted by Gasteiger charge is -2.22. The van der Waals surface area contributed by atoms with E-state index in [0.29, 0.717) is 16.7 Å². The Morgan fingerprint density at radius 3 is 2.47 bits per heavy atom. The molecule has 0 saturated carbocycles. The highest BCUT2D eigenvalue weighted by Gasteiger charge is 2.23. The third kappa shape index (κ3) is 5.68. The summed E-state index contributed by atoms with van der Waals surface area (Å²) in [6, 6.07) is 19.0. The molecule has 1 atom stereocenters. The number of carbonyl (C=O) groups is 1. The Labute approximate surface area is 197 Å². The van der Waals surface area contributed by atoms with Gasteiger partial charge in [0.25, 0.3) is 0 Å². The molecule has 9 heteroatoms. The number of para-hydroxylation sites is 1. The van der Waals surface area contributed by atoms with E-state index >= 15 is 0 Å². The van der Waals surface area contributed by atoms with E-state index in [9.17, 15) is 4.79 Å². The lowest BCUT2D eigenvalue weighted by Crippen LogP contribution is -2.33.